The zero-order valence-electron chi connectivity index (χ0n) is 7.02. The normalized spacial score (nSPS) is 42.8. The van der Waals surface area contributed by atoms with E-state index in [1.807, 2.05) is 7.05 Å². The molecule has 12 heavy (non-hydrogen) atoms. The Bertz CT molecular complexity index is 174. The van der Waals surface area contributed by atoms with Crippen LogP contribution in [0.1, 0.15) is 19.3 Å². The Kier molecular flexibility index (Phi) is 2.64. The molecule has 0 radical (unpaired) electrons. The van der Waals surface area contributed by atoms with Gasteiger partial charge < -0.3 is 5.32 Å². The summed E-state index contributed by atoms with van der Waals surface area (Å²) in [5, 5.41) is 3.10. The van der Waals surface area contributed by atoms with Gasteiger partial charge in [-0.15, -0.1) is 12.4 Å². The van der Waals surface area contributed by atoms with Gasteiger partial charge in [0.15, 0.2) is 0 Å². The molecule has 2 aliphatic carbocycles. The SMILES string of the molecule is CNC1CC2CC1CC2(F)F.Cl. The number of hydrogen-bond donors (Lipinski definition) is 1. The largest absolute Gasteiger partial charge is 0.317 e. The molecular weight excluding hydrogens is 184 g/mol. The first-order valence-electron chi connectivity index (χ1n) is 4.18. The van der Waals surface area contributed by atoms with Gasteiger partial charge in [0.2, 0.25) is 0 Å². The third-order valence-corrected chi connectivity index (χ3v) is 3.20. The van der Waals surface area contributed by atoms with Gasteiger partial charge in [-0.2, -0.15) is 0 Å². The minimum atomic E-state index is -2.35. The van der Waals surface area contributed by atoms with Crippen molar-refractivity contribution in [1.82, 2.24) is 5.32 Å². The number of nitrogens with one attached hydrogen (secondary N) is 1. The summed E-state index contributed by atoms with van der Waals surface area (Å²) in [6, 6.07) is 0.361. The summed E-state index contributed by atoms with van der Waals surface area (Å²) >= 11 is 0. The first kappa shape index (κ1) is 10.2. The maximum absolute atomic E-state index is 12.9. The average molecular weight is 198 g/mol. The van der Waals surface area contributed by atoms with Crippen LogP contribution in [0.4, 0.5) is 8.78 Å². The standard InChI is InChI=1S/C8H13F2N.ClH/c1-11-7-3-6-2-5(7)4-8(6,9)10;/h5-7,11H,2-4H2,1H3;1H. The Balaban J connectivity index is 0.000000720. The molecule has 0 aliphatic heterocycles. The predicted molar refractivity (Wildman–Crippen MR) is 45.9 cm³/mol. The first-order valence-corrected chi connectivity index (χ1v) is 4.18. The molecule has 0 saturated heterocycles. The molecule has 0 spiro atoms. The molecule has 2 fully saturated rings. The minimum Gasteiger partial charge on any atom is -0.317 e. The second kappa shape index (κ2) is 3.11. The summed E-state index contributed by atoms with van der Waals surface area (Å²) in [7, 11) is 1.86. The summed E-state index contributed by atoms with van der Waals surface area (Å²) in [6.07, 6.45) is 1.52. The molecule has 0 aromatic carbocycles. The Labute approximate surface area is 77.3 Å². The number of halogens is 3. The van der Waals surface area contributed by atoms with Crippen molar-refractivity contribution < 1.29 is 8.78 Å². The van der Waals surface area contributed by atoms with E-state index in [1.54, 1.807) is 0 Å². The lowest BCUT2D eigenvalue weighted by Gasteiger charge is -2.27. The van der Waals surface area contributed by atoms with Crippen LogP contribution in [0.2, 0.25) is 0 Å². The Morgan fingerprint density at radius 1 is 1.33 bits per heavy atom. The van der Waals surface area contributed by atoms with E-state index < -0.39 is 5.92 Å². The van der Waals surface area contributed by atoms with Crippen LogP contribution in [-0.4, -0.2) is 19.0 Å². The van der Waals surface area contributed by atoms with E-state index in [-0.39, 0.29) is 30.7 Å². The van der Waals surface area contributed by atoms with Gasteiger partial charge in [-0.25, -0.2) is 8.78 Å². The van der Waals surface area contributed by atoms with E-state index in [2.05, 4.69) is 5.32 Å². The third-order valence-electron chi connectivity index (χ3n) is 3.20. The van der Waals surface area contributed by atoms with Gasteiger partial charge >= 0.3 is 0 Å². The molecule has 3 atom stereocenters. The van der Waals surface area contributed by atoms with Gasteiger partial charge in [0.25, 0.3) is 5.92 Å². The van der Waals surface area contributed by atoms with E-state index in [0.717, 1.165) is 6.42 Å². The van der Waals surface area contributed by atoms with Crippen LogP contribution in [0, 0.1) is 11.8 Å². The Morgan fingerprint density at radius 2 is 2.00 bits per heavy atom. The van der Waals surface area contributed by atoms with Gasteiger partial charge in [0, 0.05) is 18.4 Å². The Morgan fingerprint density at radius 3 is 2.33 bits per heavy atom. The van der Waals surface area contributed by atoms with Crippen molar-refractivity contribution in [3.63, 3.8) is 0 Å². The summed E-state index contributed by atoms with van der Waals surface area (Å²) in [6.45, 7) is 0. The fourth-order valence-corrected chi connectivity index (χ4v) is 2.57. The molecule has 1 nitrogen and oxygen atoms in total. The van der Waals surface area contributed by atoms with Crippen LogP contribution in [0.25, 0.3) is 0 Å². The zero-order valence-corrected chi connectivity index (χ0v) is 7.83. The second-order valence-electron chi connectivity index (χ2n) is 3.79. The predicted octanol–water partition coefficient (Wildman–Crippen LogP) is 2.06. The lowest BCUT2D eigenvalue weighted by atomic mass is 9.92. The van der Waals surface area contributed by atoms with Crippen LogP contribution in [0.3, 0.4) is 0 Å². The number of alkyl halides is 2. The van der Waals surface area contributed by atoms with Crippen LogP contribution < -0.4 is 5.32 Å². The highest BCUT2D eigenvalue weighted by molar-refractivity contribution is 5.85. The summed E-state index contributed by atoms with van der Waals surface area (Å²) < 4.78 is 25.8. The quantitative estimate of drug-likeness (QED) is 0.679. The molecule has 2 aliphatic rings. The Hall–Kier alpha value is 0.110. The molecule has 72 valence electrons. The van der Waals surface area contributed by atoms with Crippen molar-refractivity contribution >= 4 is 12.4 Å². The van der Waals surface area contributed by atoms with Crippen LogP contribution in [0.5, 0.6) is 0 Å². The molecule has 2 rings (SSSR count). The van der Waals surface area contributed by atoms with E-state index in [1.165, 1.54) is 0 Å². The van der Waals surface area contributed by atoms with Crippen molar-refractivity contribution in [3.05, 3.63) is 0 Å². The smallest absolute Gasteiger partial charge is 0.251 e. The molecule has 3 unspecified atom stereocenters. The van der Waals surface area contributed by atoms with Gasteiger partial charge in [0.1, 0.15) is 0 Å². The molecule has 1 N–H and O–H groups in total. The van der Waals surface area contributed by atoms with Crippen molar-refractivity contribution in [3.8, 4) is 0 Å². The molecule has 2 bridgehead atoms. The molecular formula is C8H14ClF2N. The van der Waals surface area contributed by atoms with Crippen molar-refractivity contribution in [2.75, 3.05) is 7.05 Å². The lowest BCUT2D eigenvalue weighted by Crippen LogP contribution is -2.37. The number of hydrogen-bond acceptors (Lipinski definition) is 1. The van der Waals surface area contributed by atoms with E-state index in [9.17, 15) is 8.78 Å². The molecule has 0 heterocycles. The van der Waals surface area contributed by atoms with Crippen molar-refractivity contribution in [1.29, 1.82) is 0 Å². The van der Waals surface area contributed by atoms with Gasteiger partial charge in [-0.1, -0.05) is 0 Å². The molecule has 0 aromatic rings. The fraction of sp³-hybridized carbons (Fsp3) is 1.00. The van der Waals surface area contributed by atoms with Gasteiger partial charge in [0.05, 0.1) is 0 Å². The van der Waals surface area contributed by atoms with Crippen LogP contribution in [0.15, 0.2) is 0 Å². The lowest BCUT2D eigenvalue weighted by molar-refractivity contribution is -0.0561. The van der Waals surface area contributed by atoms with E-state index in [4.69, 9.17) is 0 Å². The van der Waals surface area contributed by atoms with Gasteiger partial charge in [-0.05, 0) is 25.8 Å². The number of fused-ring (bicyclic) bond motifs is 2. The first-order chi connectivity index (χ1) is 5.13. The van der Waals surface area contributed by atoms with Gasteiger partial charge in [-0.3, -0.25) is 0 Å². The molecule has 0 aromatic heterocycles. The third kappa shape index (κ3) is 1.33. The van der Waals surface area contributed by atoms with Crippen LogP contribution in [-0.2, 0) is 0 Å². The minimum absolute atomic E-state index is 0. The maximum atomic E-state index is 12.9. The second-order valence-corrected chi connectivity index (χ2v) is 3.79. The highest BCUT2D eigenvalue weighted by atomic mass is 35.5. The van der Waals surface area contributed by atoms with E-state index >= 15 is 0 Å². The zero-order chi connectivity index (χ0) is 8.06. The maximum Gasteiger partial charge on any atom is 0.251 e. The topological polar surface area (TPSA) is 12.0 Å². The highest BCUT2D eigenvalue weighted by Crippen LogP contribution is 2.53. The monoisotopic (exact) mass is 197 g/mol. The molecule has 0 amide bonds. The van der Waals surface area contributed by atoms with E-state index in [0.29, 0.717) is 12.5 Å². The summed E-state index contributed by atoms with van der Waals surface area (Å²) in [5.41, 5.74) is 0. The van der Waals surface area contributed by atoms with Crippen molar-refractivity contribution in [2.24, 2.45) is 11.8 Å². The number of rotatable bonds is 1. The van der Waals surface area contributed by atoms with Crippen molar-refractivity contribution in [2.45, 2.75) is 31.2 Å². The summed E-state index contributed by atoms with van der Waals surface area (Å²) in [4.78, 5) is 0. The molecule has 2 saturated carbocycles. The average Bonchev–Trinajstić information content (AvgIpc) is 2.41. The summed E-state index contributed by atoms with van der Waals surface area (Å²) in [5.74, 6) is -2.44. The van der Waals surface area contributed by atoms with Crippen LogP contribution >= 0.6 is 12.4 Å². The molecule has 4 heteroatoms. The fourth-order valence-electron chi connectivity index (χ4n) is 2.57. The highest BCUT2D eigenvalue weighted by Gasteiger charge is 2.56.